The van der Waals surface area contributed by atoms with E-state index in [4.69, 9.17) is 4.74 Å². The molecule has 6 nitrogen and oxygen atoms in total. The standard InChI is InChI=1S/C17H19N5O/c1-12-19-16-9-13(14-10-18-21(2)11-14)3-4-15(16)17(20-12)22-5-7-23-8-6-22/h3-4,9-11H,5-8H2,1-2H3. The van der Waals surface area contributed by atoms with Crippen LogP contribution in [-0.2, 0) is 11.8 Å². The third-order valence-corrected chi connectivity index (χ3v) is 4.14. The molecule has 23 heavy (non-hydrogen) atoms. The van der Waals surface area contributed by atoms with E-state index >= 15 is 0 Å². The lowest BCUT2D eigenvalue weighted by Gasteiger charge is -2.28. The third kappa shape index (κ3) is 2.66. The Morgan fingerprint density at radius 2 is 1.91 bits per heavy atom. The molecule has 0 amide bonds. The van der Waals surface area contributed by atoms with Gasteiger partial charge in [-0.1, -0.05) is 6.07 Å². The van der Waals surface area contributed by atoms with E-state index < -0.39 is 0 Å². The van der Waals surface area contributed by atoms with Crippen LogP contribution in [0.2, 0.25) is 0 Å². The number of anilines is 1. The predicted octanol–water partition coefficient (Wildman–Crippen LogP) is 2.18. The maximum atomic E-state index is 5.45. The largest absolute Gasteiger partial charge is 0.378 e. The maximum absolute atomic E-state index is 5.45. The van der Waals surface area contributed by atoms with Gasteiger partial charge in [-0.25, -0.2) is 9.97 Å². The second-order valence-electron chi connectivity index (χ2n) is 5.83. The van der Waals surface area contributed by atoms with Gasteiger partial charge in [0, 0.05) is 37.3 Å². The topological polar surface area (TPSA) is 56.1 Å². The van der Waals surface area contributed by atoms with Crippen molar-refractivity contribution in [1.82, 2.24) is 19.7 Å². The number of aryl methyl sites for hydroxylation is 2. The highest BCUT2D eigenvalue weighted by atomic mass is 16.5. The van der Waals surface area contributed by atoms with Crippen molar-refractivity contribution < 1.29 is 4.74 Å². The number of fused-ring (bicyclic) bond motifs is 1. The fourth-order valence-electron chi connectivity index (χ4n) is 2.99. The number of morpholine rings is 1. The summed E-state index contributed by atoms with van der Waals surface area (Å²) in [6, 6.07) is 6.34. The van der Waals surface area contributed by atoms with E-state index in [1.165, 1.54) is 0 Å². The molecule has 0 radical (unpaired) electrons. The van der Waals surface area contributed by atoms with E-state index in [1.807, 2.05) is 31.0 Å². The van der Waals surface area contributed by atoms with Crippen LogP contribution in [0.15, 0.2) is 30.6 Å². The van der Waals surface area contributed by atoms with Crippen molar-refractivity contribution in [2.75, 3.05) is 31.2 Å². The number of aromatic nitrogens is 4. The van der Waals surface area contributed by atoms with Gasteiger partial charge in [-0.15, -0.1) is 0 Å². The number of hydrogen-bond donors (Lipinski definition) is 0. The summed E-state index contributed by atoms with van der Waals surface area (Å²) >= 11 is 0. The summed E-state index contributed by atoms with van der Waals surface area (Å²) in [6.07, 6.45) is 3.89. The molecule has 1 saturated heterocycles. The Morgan fingerprint density at radius 1 is 1.09 bits per heavy atom. The maximum Gasteiger partial charge on any atom is 0.140 e. The summed E-state index contributed by atoms with van der Waals surface area (Å²) in [6.45, 7) is 5.18. The van der Waals surface area contributed by atoms with Gasteiger partial charge in [0.25, 0.3) is 0 Å². The first kappa shape index (κ1) is 14.1. The van der Waals surface area contributed by atoms with Crippen molar-refractivity contribution in [2.45, 2.75) is 6.92 Å². The van der Waals surface area contributed by atoms with Crippen LogP contribution in [0.25, 0.3) is 22.0 Å². The molecule has 1 aliphatic rings. The third-order valence-electron chi connectivity index (χ3n) is 4.14. The van der Waals surface area contributed by atoms with Crippen molar-refractivity contribution in [3.05, 3.63) is 36.4 Å². The molecular formula is C17H19N5O. The molecular weight excluding hydrogens is 290 g/mol. The molecule has 0 aliphatic carbocycles. The predicted molar refractivity (Wildman–Crippen MR) is 89.5 cm³/mol. The van der Waals surface area contributed by atoms with Gasteiger partial charge in [0.2, 0.25) is 0 Å². The molecule has 0 N–H and O–H groups in total. The van der Waals surface area contributed by atoms with Crippen LogP contribution in [-0.4, -0.2) is 46.1 Å². The average molecular weight is 309 g/mol. The second-order valence-corrected chi connectivity index (χ2v) is 5.83. The number of hydrogen-bond acceptors (Lipinski definition) is 5. The van der Waals surface area contributed by atoms with Crippen molar-refractivity contribution >= 4 is 16.7 Å². The quantitative estimate of drug-likeness (QED) is 0.726. The molecule has 0 atom stereocenters. The van der Waals surface area contributed by atoms with Crippen molar-refractivity contribution in [1.29, 1.82) is 0 Å². The number of rotatable bonds is 2. The first-order valence-corrected chi connectivity index (χ1v) is 7.81. The molecule has 1 aliphatic heterocycles. The van der Waals surface area contributed by atoms with Crippen LogP contribution in [0.4, 0.5) is 5.82 Å². The Morgan fingerprint density at radius 3 is 2.65 bits per heavy atom. The van der Waals surface area contributed by atoms with E-state index in [-0.39, 0.29) is 0 Å². The second kappa shape index (κ2) is 5.62. The summed E-state index contributed by atoms with van der Waals surface area (Å²) in [5.41, 5.74) is 3.19. The highest BCUT2D eigenvalue weighted by Gasteiger charge is 2.17. The van der Waals surface area contributed by atoms with Crippen molar-refractivity contribution in [2.24, 2.45) is 7.05 Å². The number of nitrogens with zero attached hydrogens (tertiary/aromatic N) is 5. The molecule has 0 spiro atoms. The average Bonchev–Trinajstić information content (AvgIpc) is 3.01. The summed E-state index contributed by atoms with van der Waals surface area (Å²) in [5.74, 6) is 1.80. The zero-order valence-corrected chi connectivity index (χ0v) is 13.4. The van der Waals surface area contributed by atoms with Crippen molar-refractivity contribution in [3.63, 3.8) is 0 Å². The summed E-state index contributed by atoms with van der Waals surface area (Å²) < 4.78 is 7.26. The minimum atomic E-state index is 0.748. The van der Waals surface area contributed by atoms with Crippen LogP contribution in [0.5, 0.6) is 0 Å². The molecule has 1 aromatic carbocycles. The van der Waals surface area contributed by atoms with Gasteiger partial charge in [-0.2, -0.15) is 5.10 Å². The smallest absolute Gasteiger partial charge is 0.140 e. The first-order chi connectivity index (χ1) is 11.2. The monoisotopic (exact) mass is 309 g/mol. The molecule has 2 aromatic heterocycles. The SMILES string of the molecule is Cc1nc(N2CCOCC2)c2ccc(-c3cnn(C)c3)cc2n1. The molecule has 118 valence electrons. The Bertz CT molecular complexity index is 851. The van der Waals surface area contributed by atoms with Crippen LogP contribution in [0.1, 0.15) is 5.82 Å². The summed E-state index contributed by atoms with van der Waals surface area (Å²) in [5, 5.41) is 5.33. The lowest BCUT2D eigenvalue weighted by Crippen LogP contribution is -2.37. The minimum Gasteiger partial charge on any atom is -0.378 e. The zero-order valence-electron chi connectivity index (χ0n) is 13.4. The van der Waals surface area contributed by atoms with E-state index in [1.54, 1.807) is 0 Å². The minimum absolute atomic E-state index is 0.748. The number of ether oxygens (including phenoxy) is 1. The summed E-state index contributed by atoms with van der Waals surface area (Å²) in [4.78, 5) is 11.6. The molecule has 0 unspecified atom stereocenters. The number of benzene rings is 1. The fourth-order valence-corrected chi connectivity index (χ4v) is 2.99. The molecule has 6 heteroatoms. The molecule has 0 bridgehead atoms. The highest BCUT2D eigenvalue weighted by Crippen LogP contribution is 2.29. The summed E-state index contributed by atoms with van der Waals surface area (Å²) in [7, 11) is 1.92. The Kier molecular flexibility index (Phi) is 3.46. The van der Waals surface area contributed by atoms with E-state index in [9.17, 15) is 0 Å². The van der Waals surface area contributed by atoms with Crippen molar-refractivity contribution in [3.8, 4) is 11.1 Å². The van der Waals surface area contributed by atoms with Gasteiger partial charge in [-0.05, 0) is 24.6 Å². The van der Waals surface area contributed by atoms with E-state index in [2.05, 4.69) is 38.2 Å². The van der Waals surface area contributed by atoms with Gasteiger partial charge in [0.15, 0.2) is 0 Å². The van der Waals surface area contributed by atoms with Gasteiger partial charge in [0.05, 0.1) is 24.9 Å². The first-order valence-electron chi connectivity index (χ1n) is 7.81. The zero-order chi connectivity index (χ0) is 15.8. The lowest BCUT2D eigenvalue weighted by molar-refractivity contribution is 0.122. The van der Waals surface area contributed by atoms with E-state index in [0.29, 0.717) is 0 Å². The van der Waals surface area contributed by atoms with Gasteiger partial charge < -0.3 is 9.64 Å². The molecule has 1 fully saturated rings. The lowest BCUT2D eigenvalue weighted by atomic mass is 10.1. The van der Waals surface area contributed by atoms with Gasteiger partial charge >= 0.3 is 0 Å². The Hall–Kier alpha value is -2.47. The van der Waals surface area contributed by atoms with Gasteiger partial charge in [0.1, 0.15) is 11.6 Å². The van der Waals surface area contributed by atoms with Crippen LogP contribution in [0, 0.1) is 6.92 Å². The Labute approximate surface area is 134 Å². The van der Waals surface area contributed by atoms with E-state index in [0.717, 1.165) is 60.0 Å². The normalized spacial score (nSPS) is 15.3. The molecule has 3 heterocycles. The van der Waals surface area contributed by atoms with Crippen LogP contribution < -0.4 is 4.90 Å². The fraction of sp³-hybridized carbons (Fsp3) is 0.353. The highest BCUT2D eigenvalue weighted by molar-refractivity contribution is 5.92. The van der Waals surface area contributed by atoms with Gasteiger partial charge in [-0.3, -0.25) is 4.68 Å². The van der Waals surface area contributed by atoms with Crippen LogP contribution in [0.3, 0.4) is 0 Å². The molecule has 0 saturated carbocycles. The molecule has 3 aromatic rings. The molecule has 4 rings (SSSR count). The Balaban J connectivity index is 1.82. The van der Waals surface area contributed by atoms with Crippen LogP contribution >= 0.6 is 0 Å².